The first-order valence-electron chi connectivity index (χ1n) is 18.3. The highest BCUT2D eigenvalue weighted by Crippen LogP contribution is 2.49. The minimum Gasteiger partial charge on any atom is -0.339 e. The minimum absolute atomic E-state index is 0.0319. The fraction of sp³-hybridized carbons (Fsp3) is 0.0227. The van der Waals surface area contributed by atoms with Crippen molar-refractivity contribution in [3.63, 3.8) is 0 Å². The molecule has 2 aromatic heterocycles. The Hall–Kier alpha value is -7.71. The molecule has 2 heterocycles. The standard InChI is InChI=1S/C44H29N9O6S3/c1-26-37(24-45)41(47-32-14-18-35(19-15-32)61(54,55)56)49-42(48-33-16-20-36(21-17-33)62(57,58)59)40(26)51-52-43-38(25-46)39(31-11-10-27-6-2-4-8-29(27)22-31)44(60-43)53-50-34-13-12-28-7-3-5-9-30(28)23-34/h2-23H,1H3,(H2,47,48,49)(H,54,55,56)(H,57,58,59). The second kappa shape index (κ2) is 16.7. The van der Waals surface area contributed by atoms with E-state index >= 15 is 0 Å². The van der Waals surface area contributed by atoms with Gasteiger partial charge < -0.3 is 10.6 Å². The molecule has 8 rings (SSSR count). The number of nitrogens with zero attached hydrogens (tertiary/aromatic N) is 7. The second-order valence-corrected chi connectivity index (χ2v) is 17.4. The van der Waals surface area contributed by atoms with Gasteiger partial charge in [-0.3, -0.25) is 9.11 Å². The number of benzene rings is 6. The van der Waals surface area contributed by atoms with Crippen LogP contribution in [0.3, 0.4) is 0 Å². The van der Waals surface area contributed by atoms with Gasteiger partial charge in [-0.1, -0.05) is 78.1 Å². The van der Waals surface area contributed by atoms with Crippen LogP contribution in [-0.2, 0) is 20.2 Å². The van der Waals surface area contributed by atoms with Crippen LogP contribution in [0.5, 0.6) is 0 Å². The Bertz CT molecular complexity index is 3450. The van der Waals surface area contributed by atoms with Gasteiger partial charge >= 0.3 is 0 Å². The number of anilines is 4. The van der Waals surface area contributed by atoms with Gasteiger partial charge in [-0.05, 0) is 101 Å². The van der Waals surface area contributed by atoms with Gasteiger partial charge in [0.2, 0.25) is 0 Å². The Balaban J connectivity index is 1.25. The first-order valence-corrected chi connectivity index (χ1v) is 22.0. The van der Waals surface area contributed by atoms with E-state index in [-0.39, 0.29) is 43.2 Å². The number of nitriles is 2. The molecule has 0 amide bonds. The zero-order valence-corrected chi connectivity index (χ0v) is 34.5. The summed E-state index contributed by atoms with van der Waals surface area (Å²) in [5, 5.41) is 50.0. The summed E-state index contributed by atoms with van der Waals surface area (Å²) in [6, 6.07) is 41.8. The number of rotatable bonds is 11. The molecule has 0 fully saturated rings. The molecule has 0 aliphatic carbocycles. The highest BCUT2D eigenvalue weighted by Gasteiger charge is 2.23. The fourth-order valence-corrected chi connectivity index (χ4v) is 8.41. The van der Waals surface area contributed by atoms with Crippen molar-refractivity contribution in [3.05, 3.63) is 150 Å². The molecule has 0 saturated heterocycles. The van der Waals surface area contributed by atoms with Crippen LogP contribution in [-0.4, -0.2) is 30.9 Å². The molecular weight excluding hydrogens is 847 g/mol. The Morgan fingerprint density at radius 1 is 0.581 bits per heavy atom. The number of hydrogen-bond donors (Lipinski definition) is 4. The molecule has 0 unspecified atom stereocenters. The summed E-state index contributed by atoms with van der Waals surface area (Å²) >= 11 is 1.09. The van der Waals surface area contributed by atoms with Crippen molar-refractivity contribution < 1.29 is 25.9 Å². The van der Waals surface area contributed by atoms with Crippen molar-refractivity contribution in [1.82, 2.24) is 4.98 Å². The summed E-state index contributed by atoms with van der Waals surface area (Å²) in [5.74, 6) is 0.0763. The number of pyridine rings is 1. The molecule has 0 atom stereocenters. The predicted octanol–water partition coefficient (Wildman–Crippen LogP) is 12.0. The average molecular weight is 876 g/mol. The first-order chi connectivity index (χ1) is 29.8. The molecule has 0 aliphatic rings. The summed E-state index contributed by atoms with van der Waals surface area (Å²) in [6.45, 7) is 1.61. The lowest BCUT2D eigenvalue weighted by molar-refractivity contribution is 0.481. The maximum Gasteiger partial charge on any atom is 0.294 e. The molecule has 6 aromatic carbocycles. The molecule has 15 nitrogen and oxygen atoms in total. The van der Waals surface area contributed by atoms with E-state index in [2.05, 4.69) is 48.2 Å². The lowest BCUT2D eigenvalue weighted by Crippen LogP contribution is -2.05. The van der Waals surface area contributed by atoms with E-state index in [0.29, 0.717) is 38.8 Å². The lowest BCUT2D eigenvalue weighted by Gasteiger charge is -2.16. The van der Waals surface area contributed by atoms with Crippen LogP contribution in [0.2, 0.25) is 0 Å². The molecule has 4 N–H and O–H groups in total. The Morgan fingerprint density at radius 2 is 1.10 bits per heavy atom. The molecule has 8 aromatic rings. The number of hydrogen-bond acceptors (Lipinski definition) is 14. The van der Waals surface area contributed by atoms with Crippen LogP contribution in [0.25, 0.3) is 32.7 Å². The third-order valence-corrected chi connectivity index (χ3v) is 12.3. The van der Waals surface area contributed by atoms with Gasteiger partial charge in [0, 0.05) is 22.5 Å². The summed E-state index contributed by atoms with van der Waals surface area (Å²) < 4.78 is 65.7. The maximum atomic E-state index is 11.7. The van der Waals surface area contributed by atoms with E-state index < -0.39 is 20.2 Å². The van der Waals surface area contributed by atoms with Crippen LogP contribution in [0.4, 0.5) is 44.4 Å². The van der Waals surface area contributed by atoms with Crippen molar-refractivity contribution in [2.75, 3.05) is 10.6 Å². The van der Waals surface area contributed by atoms with E-state index in [1.54, 1.807) is 6.92 Å². The lowest BCUT2D eigenvalue weighted by atomic mass is 10.00. The normalized spacial score (nSPS) is 11.9. The van der Waals surface area contributed by atoms with Gasteiger partial charge in [0.1, 0.15) is 28.4 Å². The molecule has 0 saturated carbocycles. The maximum absolute atomic E-state index is 11.7. The van der Waals surface area contributed by atoms with Crippen molar-refractivity contribution in [1.29, 1.82) is 10.5 Å². The van der Waals surface area contributed by atoms with Crippen molar-refractivity contribution in [2.45, 2.75) is 16.7 Å². The molecule has 0 aliphatic heterocycles. The van der Waals surface area contributed by atoms with Crippen LogP contribution >= 0.6 is 11.3 Å². The zero-order chi connectivity index (χ0) is 43.6. The summed E-state index contributed by atoms with van der Waals surface area (Å²) in [7, 11) is -8.96. The topological polar surface area (TPSA) is 243 Å². The van der Waals surface area contributed by atoms with Gasteiger partial charge in [-0.25, -0.2) is 4.98 Å². The third kappa shape index (κ3) is 8.62. The predicted molar refractivity (Wildman–Crippen MR) is 237 cm³/mol. The Kier molecular flexibility index (Phi) is 11.1. The van der Waals surface area contributed by atoms with Crippen LogP contribution in [0.1, 0.15) is 16.7 Å². The molecule has 304 valence electrons. The third-order valence-electron chi connectivity index (χ3n) is 9.61. The second-order valence-electron chi connectivity index (χ2n) is 13.6. The molecule has 18 heteroatoms. The van der Waals surface area contributed by atoms with E-state index in [0.717, 1.165) is 32.9 Å². The van der Waals surface area contributed by atoms with Crippen molar-refractivity contribution >= 4 is 97.5 Å². The molecule has 62 heavy (non-hydrogen) atoms. The first kappa shape index (κ1) is 41.0. The summed E-state index contributed by atoms with van der Waals surface area (Å²) in [6.07, 6.45) is 0. The minimum atomic E-state index is -4.49. The van der Waals surface area contributed by atoms with E-state index in [4.69, 9.17) is 0 Å². The number of nitrogens with one attached hydrogen (secondary N) is 2. The molecule has 0 bridgehead atoms. The fourth-order valence-electron chi connectivity index (χ4n) is 6.53. The summed E-state index contributed by atoms with van der Waals surface area (Å²) in [4.78, 5) is 3.96. The molecule has 0 spiro atoms. The van der Waals surface area contributed by atoms with E-state index in [1.807, 2.05) is 84.9 Å². The van der Waals surface area contributed by atoms with Crippen LogP contribution in [0, 0.1) is 29.6 Å². The van der Waals surface area contributed by atoms with Crippen LogP contribution in [0.15, 0.2) is 164 Å². The largest absolute Gasteiger partial charge is 0.339 e. The van der Waals surface area contributed by atoms with Crippen molar-refractivity contribution in [3.8, 4) is 23.3 Å². The number of fused-ring (bicyclic) bond motifs is 2. The van der Waals surface area contributed by atoms with Crippen molar-refractivity contribution in [2.24, 2.45) is 20.5 Å². The zero-order valence-electron chi connectivity index (χ0n) is 32.1. The Morgan fingerprint density at radius 3 is 1.66 bits per heavy atom. The quantitative estimate of drug-likeness (QED) is 0.0703. The highest BCUT2D eigenvalue weighted by atomic mass is 32.2. The average Bonchev–Trinajstić information content (AvgIpc) is 3.62. The number of aromatic nitrogens is 1. The van der Waals surface area contributed by atoms with E-state index in [9.17, 15) is 36.5 Å². The smallest absolute Gasteiger partial charge is 0.294 e. The number of thiophene rings is 1. The van der Waals surface area contributed by atoms with Gasteiger partial charge in [0.25, 0.3) is 20.2 Å². The van der Waals surface area contributed by atoms with Gasteiger partial charge in [0.05, 0.1) is 21.0 Å². The van der Waals surface area contributed by atoms with Gasteiger partial charge in [0.15, 0.2) is 16.6 Å². The summed E-state index contributed by atoms with van der Waals surface area (Å²) in [5.41, 5.74) is 3.01. The van der Waals surface area contributed by atoms with Gasteiger partial charge in [-0.15, -0.1) is 20.5 Å². The van der Waals surface area contributed by atoms with Gasteiger partial charge in [-0.2, -0.15) is 27.4 Å². The van der Waals surface area contributed by atoms with E-state index in [1.165, 1.54) is 48.5 Å². The SMILES string of the molecule is Cc1c(C#N)c(Nc2ccc(S(=O)(=O)O)cc2)nc(Nc2ccc(S(=O)(=O)O)cc2)c1N=Nc1sc(N=Nc2ccc3ccccc3c2)c(-c2ccc3ccccc3c2)c1C#N. The molecule has 0 radical (unpaired) electrons. The molecular formula is C44H29N9O6S3. The van der Waals surface area contributed by atoms with Crippen LogP contribution < -0.4 is 10.6 Å². The number of azo groups is 2. The Labute approximate surface area is 358 Å². The highest BCUT2D eigenvalue weighted by molar-refractivity contribution is 7.86. The monoisotopic (exact) mass is 875 g/mol.